The first-order valence-corrected chi connectivity index (χ1v) is 28.7. The monoisotopic (exact) mass is 1070 g/mol. The first-order chi connectivity index (χ1) is 38.3. The van der Waals surface area contributed by atoms with Gasteiger partial charge in [-0.1, -0.05) is 68.4 Å². The van der Waals surface area contributed by atoms with Crippen molar-refractivity contribution in [1.29, 1.82) is 0 Å². The van der Waals surface area contributed by atoms with Gasteiger partial charge in [-0.3, -0.25) is 24.2 Å². The lowest BCUT2D eigenvalue weighted by Crippen LogP contribution is -2.51. The van der Waals surface area contributed by atoms with Crippen molar-refractivity contribution in [3.05, 3.63) is 102 Å². The third-order valence-corrected chi connectivity index (χ3v) is 18.2. The van der Waals surface area contributed by atoms with Crippen molar-refractivity contribution >= 4 is 45.1 Å². The number of aryl methyl sites for hydroxylation is 1. The van der Waals surface area contributed by atoms with E-state index >= 15 is 0 Å². The number of piperidine rings is 1. The molecule has 7 atom stereocenters. The molecule has 4 N–H and O–H groups in total. The molecule has 0 radical (unpaired) electrons. The van der Waals surface area contributed by atoms with Gasteiger partial charge in [0.25, 0.3) is 0 Å². The normalized spacial score (nSPS) is 23.1. The molecule has 9 heterocycles. The van der Waals surface area contributed by atoms with Gasteiger partial charge >= 0.3 is 6.01 Å². The first-order valence-electron chi connectivity index (χ1n) is 28.7. The highest BCUT2D eigenvalue weighted by atomic mass is 16.5. The number of carbonyl (C=O) groups excluding carboxylic acids is 2. The highest BCUT2D eigenvalue weighted by molar-refractivity contribution is 6.06. The summed E-state index contributed by atoms with van der Waals surface area (Å²) >= 11 is 0. The molecule has 4 aromatic heterocycles. The number of hydrogen-bond donors (Lipinski definition) is 4. The number of phenols is 1. The number of carbonyl (C=O) groups is 2. The Hall–Kier alpha value is -7.15. The predicted molar refractivity (Wildman–Crippen MR) is 302 cm³/mol. The molecule has 13 rings (SSSR count). The minimum Gasteiger partial charge on any atom is -0.508 e. The van der Waals surface area contributed by atoms with Gasteiger partial charge in [0.15, 0.2) is 11.6 Å². The molecule has 18 heteroatoms. The molecule has 1 aliphatic carbocycles. The molecule has 5 aliphatic heterocycles. The highest BCUT2D eigenvalue weighted by Gasteiger charge is 2.44. The maximum atomic E-state index is 14.4. The lowest BCUT2D eigenvalue weighted by Gasteiger charge is -2.42. The summed E-state index contributed by atoms with van der Waals surface area (Å²) in [6.07, 6.45) is 8.81. The van der Waals surface area contributed by atoms with Crippen LogP contribution in [0, 0.1) is 17.8 Å². The summed E-state index contributed by atoms with van der Waals surface area (Å²) in [5, 5.41) is 40.3. The van der Waals surface area contributed by atoms with Crippen molar-refractivity contribution in [2.75, 3.05) is 68.8 Å². The number of fused-ring (bicyclic) bond motifs is 6. The fourth-order valence-corrected chi connectivity index (χ4v) is 14.0. The number of benzene rings is 3. The summed E-state index contributed by atoms with van der Waals surface area (Å²) in [7, 11) is 1.90. The van der Waals surface area contributed by atoms with E-state index < -0.39 is 18.1 Å². The van der Waals surface area contributed by atoms with Gasteiger partial charge < -0.3 is 44.8 Å². The average Bonchev–Trinajstić information content (AvgIpc) is 4.39. The number of aromatic hydroxyl groups is 1. The summed E-state index contributed by atoms with van der Waals surface area (Å²) in [6, 6.07) is 22.0. The number of aromatic nitrogens is 6. The fraction of sp³-hybridized carbons (Fsp3) is 0.492. The van der Waals surface area contributed by atoms with Gasteiger partial charge in [-0.05, 0) is 116 Å². The number of likely N-dealkylation sites (tertiary alicyclic amines) is 2. The molecule has 3 aromatic carbocycles. The molecule has 6 aliphatic rings. The molecule has 18 nitrogen and oxygen atoms in total. The van der Waals surface area contributed by atoms with E-state index in [9.17, 15) is 19.8 Å². The predicted octanol–water partition coefficient (Wildman–Crippen LogP) is 7.54. The van der Waals surface area contributed by atoms with E-state index in [0.29, 0.717) is 42.3 Å². The van der Waals surface area contributed by atoms with Gasteiger partial charge in [0, 0.05) is 100 Å². The Morgan fingerprint density at radius 3 is 2.44 bits per heavy atom. The largest absolute Gasteiger partial charge is 0.508 e. The minimum absolute atomic E-state index is 0.0279. The smallest absolute Gasteiger partial charge is 0.319 e. The number of hydrogen-bond acceptors (Lipinski definition) is 15. The Labute approximate surface area is 460 Å². The van der Waals surface area contributed by atoms with Crippen molar-refractivity contribution in [2.45, 2.75) is 108 Å². The molecule has 79 heavy (non-hydrogen) atoms. The molecular weight excluding hydrogens is 997 g/mol. The lowest BCUT2D eigenvalue weighted by molar-refractivity contribution is -0.141. The van der Waals surface area contributed by atoms with Crippen molar-refractivity contribution < 1.29 is 29.1 Å². The molecule has 5 saturated heterocycles. The quantitative estimate of drug-likeness (QED) is 0.0784. The van der Waals surface area contributed by atoms with Gasteiger partial charge in [0.2, 0.25) is 11.8 Å². The van der Waals surface area contributed by atoms with Crippen molar-refractivity contribution in [3.8, 4) is 34.3 Å². The maximum Gasteiger partial charge on any atom is 0.319 e. The van der Waals surface area contributed by atoms with E-state index in [1.54, 1.807) is 6.20 Å². The van der Waals surface area contributed by atoms with Crippen molar-refractivity contribution in [3.63, 3.8) is 0 Å². The molecule has 2 amide bonds. The van der Waals surface area contributed by atoms with Gasteiger partial charge in [0.1, 0.15) is 30.1 Å². The topological polar surface area (TPSA) is 203 Å². The first kappa shape index (κ1) is 51.3. The zero-order valence-corrected chi connectivity index (χ0v) is 45.9. The van der Waals surface area contributed by atoms with Crippen LogP contribution in [0.4, 0.5) is 11.6 Å². The third kappa shape index (κ3) is 9.72. The van der Waals surface area contributed by atoms with Gasteiger partial charge in [-0.15, -0.1) is 0 Å². The second kappa shape index (κ2) is 20.8. The number of ether oxygens (including phenoxy) is 1. The summed E-state index contributed by atoms with van der Waals surface area (Å²) < 4.78 is 14.3. The maximum absolute atomic E-state index is 14.4. The van der Waals surface area contributed by atoms with E-state index in [2.05, 4.69) is 60.7 Å². The Bertz CT molecular complexity index is 3410. The van der Waals surface area contributed by atoms with Crippen LogP contribution in [0.25, 0.3) is 44.2 Å². The van der Waals surface area contributed by atoms with Gasteiger partial charge in [0.05, 0.1) is 34.4 Å². The van der Waals surface area contributed by atoms with Crippen LogP contribution in [0.2, 0.25) is 0 Å². The van der Waals surface area contributed by atoms with Crippen LogP contribution in [-0.4, -0.2) is 145 Å². The second-order valence-corrected chi connectivity index (χ2v) is 23.9. The molecule has 2 bridgehead atoms. The Morgan fingerprint density at radius 2 is 1.70 bits per heavy atom. The number of rotatable bonds is 15. The highest BCUT2D eigenvalue weighted by Crippen LogP contribution is 2.49. The molecule has 3 unspecified atom stereocenters. The number of aliphatic hydroxyl groups is 1. The molecule has 7 aromatic rings. The zero-order chi connectivity index (χ0) is 54.2. The van der Waals surface area contributed by atoms with E-state index in [-0.39, 0.29) is 48.4 Å². The van der Waals surface area contributed by atoms with Crippen LogP contribution in [0.5, 0.6) is 11.8 Å². The number of aliphatic hydroxyl groups excluding tert-OH is 1. The minimum atomic E-state index is -0.808. The Kier molecular flexibility index (Phi) is 13.5. The SMILES string of the molecule is CC1c2c(ncc3c(N4CC5CCC(C4)N5)nc(OCCN4CCC(CC5CN(c6cc([C@@H](C(=O)N7C[C@H](O)C[C@H]7C(=O)N[C@@H](C)c7ccc(-c8ccnn8C)cc7)C(C)C)on6)C5)CC4)nc23)-c2cc(O)cc3cccc1c23. The van der Waals surface area contributed by atoms with Gasteiger partial charge in [-0.25, -0.2) is 0 Å². The molecule has 412 valence electrons. The van der Waals surface area contributed by atoms with Crippen LogP contribution in [0.3, 0.4) is 0 Å². The van der Waals surface area contributed by atoms with Crippen LogP contribution in [-0.2, 0) is 16.6 Å². The van der Waals surface area contributed by atoms with E-state index in [1.165, 1.54) is 10.5 Å². The molecule has 5 fully saturated rings. The van der Waals surface area contributed by atoms with Crippen LogP contribution < -0.4 is 25.2 Å². The summed E-state index contributed by atoms with van der Waals surface area (Å²) in [4.78, 5) is 52.4. The lowest BCUT2D eigenvalue weighted by atomic mass is 9.79. The summed E-state index contributed by atoms with van der Waals surface area (Å²) in [6.45, 7) is 15.0. The Morgan fingerprint density at radius 1 is 0.911 bits per heavy atom. The van der Waals surface area contributed by atoms with Gasteiger partial charge in [-0.2, -0.15) is 15.1 Å². The number of β-amino-alcohol motifs (C(OH)–C–C–N with tert-alkyl or cyclic N) is 1. The number of nitrogens with zero attached hydrogens (tertiary/aromatic N) is 10. The Balaban J connectivity index is 0.609. The number of nitrogens with one attached hydrogen (secondary N) is 2. The number of piperazine rings is 1. The van der Waals surface area contributed by atoms with Crippen LogP contribution in [0.15, 0.2) is 83.6 Å². The third-order valence-electron chi connectivity index (χ3n) is 18.2. The average molecular weight is 1070 g/mol. The number of amides is 2. The van der Waals surface area contributed by atoms with E-state index in [4.69, 9.17) is 24.2 Å². The molecular formula is C61H72N12O6. The summed E-state index contributed by atoms with van der Waals surface area (Å²) in [5.74, 6) is 2.22. The van der Waals surface area contributed by atoms with Crippen molar-refractivity contribution in [2.24, 2.45) is 24.8 Å². The number of pyridine rings is 1. The van der Waals surface area contributed by atoms with E-state index in [0.717, 1.165) is 145 Å². The number of anilines is 2. The summed E-state index contributed by atoms with van der Waals surface area (Å²) in [5.41, 5.74) is 7.86. The second-order valence-electron chi connectivity index (χ2n) is 23.9. The standard InChI is InChI=1S/C61H72N12O6/c1-34(2)53(60(77)73-33-45(75)26-50(73)59(76)64-36(4)39-9-11-40(12-10-39)49-15-18-63-69(49)5)51-27-52(68-79-51)71-29-38(30-71)23-37-16-19-70(20-17-37)21-22-78-61-66-57-48(58(67-61)72-31-42-13-14-43(32-72)65-42)28-62-56-47-25-44(74)24-41-7-6-8-46(55(41)47)35(3)54(56)57/h6-12,15,18,24-25,27-28,34-38,42-43,45,50,53,65,74-75H,13-14,16-17,19-23,26,29-33H2,1-5H3,(H,64,76)/t35?,36-,42?,43?,45+,50-,53-/m0/s1. The molecule has 0 saturated carbocycles. The fourth-order valence-electron chi connectivity index (χ4n) is 14.0. The van der Waals surface area contributed by atoms with E-state index in [1.807, 2.05) is 87.2 Å². The zero-order valence-electron chi connectivity index (χ0n) is 45.9. The van der Waals surface area contributed by atoms with Crippen molar-refractivity contribution in [1.82, 2.24) is 50.3 Å². The molecule has 0 spiro atoms. The van der Waals surface area contributed by atoms with Crippen LogP contribution in [0.1, 0.15) is 107 Å². The van der Waals surface area contributed by atoms with Crippen LogP contribution >= 0.6 is 0 Å². The number of phenolic OH excluding ortho intramolecular Hbond substituents is 1.